The van der Waals surface area contributed by atoms with Crippen LogP contribution in [0.5, 0.6) is 5.75 Å². The van der Waals surface area contributed by atoms with Gasteiger partial charge in [-0.1, -0.05) is 19.9 Å². The third-order valence-corrected chi connectivity index (χ3v) is 3.12. The zero-order valence-corrected chi connectivity index (χ0v) is 11.9. The minimum absolute atomic E-state index is 0.0109. The molecule has 0 aliphatic heterocycles. The van der Waals surface area contributed by atoms with Crippen molar-refractivity contribution in [3.8, 4) is 5.75 Å². The highest BCUT2D eigenvalue weighted by atomic mass is 31.1. The van der Waals surface area contributed by atoms with E-state index < -0.39 is 20.1 Å². The monoisotopic (exact) mass is 268 g/mol. The standard InChI is InChI=1S/C13H17O4P/c1-8-5-9(2)12(10(6-8)17-18-16)13(3,4)7-11(14)15/h5-6H,7H2,1-4H3,(H,14,15). The summed E-state index contributed by atoms with van der Waals surface area (Å²) in [4.78, 5) is 10.9. The SMILES string of the molecule is Cc1cc(C)c(C(C)(C)CC(=O)O)c(OP=O)c1. The lowest BCUT2D eigenvalue weighted by atomic mass is 9.78. The Labute approximate surface area is 108 Å². The van der Waals surface area contributed by atoms with E-state index in [9.17, 15) is 9.36 Å². The number of aryl methyl sites for hydroxylation is 2. The van der Waals surface area contributed by atoms with Gasteiger partial charge in [-0.2, -0.15) is 0 Å². The molecule has 0 atom stereocenters. The van der Waals surface area contributed by atoms with Gasteiger partial charge < -0.3 is 9.63 Å². The average Bonchev–Trinajstić information content (AvgIpc) is 2.13. The number of hydrogen-bond donors (Lipinski definition) is 1. The van der Waals surface area contributed by atoms with E-state index in [1.54, 1.807) is 6.07 Å². The van der Waals surface area contributed by atoms with Crippen molar-refractivity contribution in [3.05, 3.63) is 28.8 Å². The minimum atomic E-state index is -0.870. The number of carbonyl (C=O) groups is 1. The van der Waals surface area contributed by atoms with Crippen LogP contribution >= 0.6 is 8.69 Å². The fraction of sp³-hybridized carbons (Fsp3) is 0.462. The van der Waals surface area contributed by atoms with Crippen molar-refractivity contribution in [2.24, 2.45) is 0 Å². The van der Waals surface area contributed by atoms with Gasteiger partial charge in [-0.15, -0.1) is 0 Å². The van der Waals surface area contributed by atoms with E-state index >= 15 is 0 Å². The maximum Gasteiger partial charge on any atom is 0.395 e. The molecule has 0 heterocycles. The van der Waals surface area contributed by atoms with Gasteiger partial charge in [-0.3, -0.25) is 4.79 Å². The van der Waals surface area contributed by atoms with Crippen molar-refractivity contribution < 1.29 is 19.0 Å². The molecule has 1 rings (SSSR count). The summed E-state index contributed by atoms with van der Waals surface area (Å²) in [7, 11) is -0.437. The van der Waals surface area contributed by atoms with E-state index in [0.717, 1.165) is 16.7 Å². The van der Waals surface area contributed by atoms with Gasteiger partial charge in [0.2, 0.25) is 0 Å². The molecular formula is C13H17O4P. The number of benzene rings is 1. The predicted molar refractivity (Wildman–Crippen MR) is 69.4 cm³/mol. The average molecular weight is 268 g/mol. The number of carboxylic acid groups (broad SMARTS) is 1. The smallest absolute Gasteiger partial charge is 0.395 e. The molecule has 1 aromatic rings. The summed E-state index contributed by atoms with van der Waals surface area (Å²) in [5.41, 5.74) is 2.14. The van der Waals surface area contributed by atoms with Gasteiger partial charge in [-0.25, -0.2) is 4.57 Å². The molecule has 0 aliphatic rings. The Morgan fingerprint density at radius 2 is 2.00 bits per heavy atom. The second kappa shape index (κ2) is 5.49. The van der Waals surface area contributed by atoms with Crippen LogP contribution in [-0.2, 0) is 14.8 Å². The van der Waals surface area contributed by atoms with Crippen LogP contribution in [0.2, 0.25) is 0 Å². The molecule has 1 aromatic carbocycles. The molecule has 4 nitrogen and oxygen atoms in total. The highest BCUT2D eigenvalue weighted by Crippen LogP contribution is 2.38. The molecule has 0 unspecified atom stereocenters. The summed E-state index contributed by atoms with van der Waals surface area (Å²) < 4.78 is 15.7. The lowest BCUT2D eigenvalue weighted by Gasteiger charge is -2.27. The molecule has 18 heavy (non-hydrogen) atoms. The Bertz CT molecular complexity index is 480. The molecule has 0 aliphatic carbocycles. The summed E-state index contributed by atoms with van der Waals surface area (Å²) >= 11 is 0. The molecule has 0 aromatic heterocycles. The molecule has 0 fully saturated rings. The highest BCUT2D eigenvalue weighted by molar-refractivity contribution is 7.17. The number of rotatable bonds is 5. The van der Waals surface area contributed by atoms with Crippen LogP contribution in [0.3, 0.4) is 0 Å². The van der Waals surface area contributed by atoms with E-state index in [2.05, 4.69) is 0 Å². The molecule has 1 N–H and O–H groups in total. The van der Waals surface area contributed by atoms with E-state index in [-0.39, 0.29) is 6.42 Å². The van der Waals surface area contributed by atoms with Crippen LogP contribution in [-0.4, -0.2) is 11.1 Å². The van der Waals surface area contributed by atoms with Gasteiger partial charge in [0.05, 0.1) is 6.42 Å². The lowest BCUT2D eigenvalue weighted by Crippen LogP contribution is -2.23. The zero-order valence-electron chi connectivity index (χ0n) is 11.0. The van der Waals surface area contributed by atoms with Gasteiger partial charge in [0.25, 0.3) is 0 Å². The van der Waals surface area contributed by atoms with Crippen molar-refractivity contribution in [1.29, 1.82) is 0 Å². The molecule has 0 saturated heterocycles. The molecule has 0 amide bonds. The first-order chi connectivity index (χ1) is 8.27. The third kappa shape index (κ3) is 3.30. The second-order valence-electron chi connectivity index (χ2n) is 5.08. The quantitative estimate of drug-likeness (QED) is 0.828. The summed E-state index contributed by atoms with van der Waals surface area (Å²) in [5.74, 6) is -0.388. The minimum Gasteiger partial charge on any atom is -0.481 e. The summed E-state index contributed by atoms with van der Waals surface area (Å²) in [6.07, 6.45) is -0.0109. The zero-order chi connectivity index (χ0) is 13.9. The predicted octanol–water partition coefficient (Wildman–Crippen LogP) is 3.64. The topological polar surface area (TPSA) is 63.6 Å². The Hall–Kier alpha value is -1.41. The van der Waals surface area contributed by atoms with Crippen LogP contribution in [0.4, 0.5) is 0 Å². The van der Waals surface area contributed by atoms with Crippen LogP contribution in [0.1, 0.15) is 37.0 Å². The van der Waals surface area contributed by atoms with Gasteiger partial charge in [0.15, 0.2) is 0 Å². The van der Waals surface area contributed by atoms with Crippen LogP contribution in [0.25, 0.3) is 0 Å². The normalized spacial score (nSPS) is 11.6. The van der Waals surface area contributed by atoms with Gasteiger partial charge in [0, 0.05) is 11.0 Å². The van der Waals surface area contributed by atoms with Crippen molar-refractivity contribution >= 4 is 14.7 Å². The molecule has 98 valence electrons. The lowest BCUT2D eigenvalue weighted by molar-refractivity contribution is -0.138. The van der Waals surface area contributed by atoms with Crippen LogP contribution < -0.4 is 4.52 Å². The summed E-state index contributed by atoms with van der Waals surface area (Å²) in [6.45, 7) is 7.50. The van der Waals surface area contributed by atoms with E-state index in [4.69, 9.17) is 9.63 Å². The third-order valence-electron chi connectivity index (χ3n) is 2.85. The van der Waals surface area contributed by atoms with Gasteiger partial charge >= 0.3 is 14.7 Å². The van der Waals surface area contributed by atoms with Crippen molar-refractivity contribution in [3.63, 3.8) is 0 Å². The first kappa shape index (κ1) is 14.7. The molecule has 0 spiro atoms. The first-order valence-corrected chi connectivity index (χ1v) is 6.34. The van der Waals surface area contributed by atoms with E-state index in [1.165, 1.54) is 0 Å². The van der Waals surface area contributed by atoms with E-state index in [0.29, 0.717) is 5.75 Å². The molecule has 0 saturated carbocycles. The number of hydrogen-bond acceptors (Lipinski definition) is 3. The molecule has 0 radical (unpaired) electrons. The Balaban J connectivity index is 3.36. The maximum absolute atomic E-state index is 10.9. The molecular weight excluding hydrogens is 251 g/mol. The Morgan fingerprint density at radius 3 is 2.50 bits per heavy atom. The van der Waals surface area contributed by atoms with Crippen molar-refractivity contribution in [2.75, 3.05) is 0 Å². The van der Waals surface area contributed by atoms with Gasteiger partial charge in [0.1, 0.15) is 5.75 Å². The van der Waals surface area contributed by atoms with Crippen LogP contribution in [0, 0.1) is 13.8 Å². The van der Waals surface area contributed by atoms with Crippen LogP contribution in [0.15, 0.2) is 12.1 Å². The first-order valence-electron chi connectivity index (χ1n) is 5.61. The number of aliphatic carboxylic acids is 1. The molecule has 0 bridgehead atoms. The van der Waals surface area contributed by atoms with Crippen molar-refractivity contribution in [2.45, 2.75) is 39.5 Å². The molecule has 5 heteroatoms. The summed E-state index contributed by atoms with van der Waals surface area (Å²) in [6, 6.07) is 3.74. The van der Waals surface area contributed by atoms with Crippen molar-refractivity contribution in [1.82, 2.24) is 0 Å². The summed E-state index contributed by atoms with van der Waals surface area (Å²) in [5, 5.41) is 8.97. The number of carboxylic acids is 1. The fourth-order valence-corrected chi connectivity index (χ4v) is 2.60. The highest BCUT2D eigenvalue weighted by Gasteiger charge is 2.29. The second-order valence-corrected chi connectivity index (χ2v) is 5.41. The largest absolute Gasteiger partial charge is 0.481 e. The van der Waals surface area contributed by atoms with E-state index in [1.807, 2.05) is 33.8 Å². The Kier molecular flexibility index (Phi) is 4.47. The van der Waals surface area contributed by atoms with Gasteiger partial charge in [-0.05, 0) is 31.0 Å². The Morgan fingerprint density at radius 1 is 1.39 bits per heavy atom. The maximum atomic E-state index is 10.9. The fourth-order valence-electron chi connectivity index (χ4n) is 2.37.